The van der Waals surface area contributed by atoms with E-state index >= 15 is 0 Å². The quantitative estimate of drug-likeness (QED) is 0.333. The van der Waals surface area contributed by atoms with E-state index in [1.165, 1.54) is 11.8 Å². The Kier molecular flexibility index (Phi) is 7.26. The second kappa shape index (κ2) is 10.7. The van der Waals surface area contributed by atoms with Crippen molar-refractivity contribution < 1.29 is 14.3 Å². The van der Waals surface area contributed by atoms with Gasteiger partial charge in [0.15, 0.2) is 11.0 Å². The highest BCUT2D eigenvalue weighted by molar-refractivity contribution is 7.99. The van der Waals surface area contributed by atoms with Crippen LogP contribution in [0.15, 0.2) is 84.0 Å². The normalized spacial score (nSPS) is 10.6. The molecule has 0 unspecified atom stereocenters. The molecule has 0 bridgehead atoms. The first kappa shape index (κ1) is 22.4. The third-order valence-electron chi connectivity index (χ3n) is 4.81. The van der Waals surface area contributed by atoms with Crippen LogP contribution in [-0.4, -0.2) is 33.5 Å². The SMILES string of the molecule is CCn1c(SCC(=O)Nc2cccc(Oc3ccccc3)c2)nnc1-c1ccccc1OC. The third-order valence-corrected chi connectivity index (χ3v) is 5.78. The number of benzene rings is 3. The smallest absolute Gasteiger partial charge is 0.234 e. The van der Waals surface area contributed by atoms with Crippen LogP contribution in [0.1, 0.15) is 6.92 Å². The first-order valence-electron chi connectivity index (χ1n) is 10.5. The number of aromatic nitrogens is 3. The summed E-state index contributed by atoms with van der Waals surface area (Å²) in [6.45, 7) is 2.69. The van der Waals surface area contributed by atoms with Gasteiger partial charge >= 0.3 is 0 Å². The Morgan fingerprint density at radius 1 is 0.970 bits per heavy atom. The molecule has 0 aliphatic rings. The number of nitrogens with one attached hydrogen (secondary N) is 1. The highest BCUT2D eigenvalue weighted by atomic mass is 32.2. The number of amides is 1. The van der Waals surface area contributed by atoms with E-state index in [9.17, 15) is 4.79 Å². The summed E-state index contributed by atoms with van der Waals surface area (Å²) in [6, 6.07) is 24.5. The van der Waals surface area contributed by atoms with Crippen molar-refractivity contribution in [1.82, 2.24) is 14.8 Å². The van der Waals surface area contributed by atoms with Gasteiger partial charge in [-0.1, -0.05) is 48.2 Å². The Balaban J connectivity index is 1.40. The van der Waals surface area contributed by atoms with Gasteiger partial charge in [0, 0.05) is 18.3 Å². The summed E-state index contributed by atoms with van der Waals surface area (Å²) >= 11 is 1.34. The first-order chi connectivity index (χ1) is 16.2. The third kappa shape index (κ3) is 5.53. The van der Waals surface area contributed by atoms with Gasteiger partial charge in [-0.05, 0) is 43.3 Å². The lowest BCUT2D eigenvalue weighted by atomic mass is 10.2. The fourth-order valence-corrected chi connectivity index (χ4v) is 4.10. The molecule has 0 spiro atoms. The van der Waals surface area contributed by atoms with Crippen molar-refractivity contribution in [3.63, 3.8) is 0 Å². The number of hydrogen-bond donors (Lipinski definition) is 1. The molecule has 0 atom stereocenters. The fourth-order valence-electron chi connectivity index (χ4n) is 3.30. The van der Waals surface area contributed by atoms with Gasteiger partial charge in [0.2, 0.25) is 5.91 Å². The predicted octanol–water partition coefficient (Wildman–Crippen LogP) is 5.50. The summed E-state index contributed by atoms with van der Waals surface area (Å²) in [5, 5.41) is 12.2. The van der Waals surface area contributed by atoms with E-state index in [2.05, 4.69) is 15.5 Å². The van der Waals surface area contributed by atoms with Crippen molar-refractivity contribution in [2.45, 2.75) is 18.6 Å². The molecule has 0 saturated carbocycles. The topological polar surface area (TPSA) is 78.3 Å². The summed E-state index contributed by atoms with van der Waals surface area (Å²) in [5.74, 6) is 2.89. The molecule has 3 aromatic carbocycles. The standard InChI is InChI=1S/C25H24N4O3S/c1-3-29-24(21-14-7-8-15-22(21)31-2)27-28-25(29)33-17-23(30)26-18-10-9-13-20(16-18)32-19-11-5-4-6-12-19/h4-16H,3,17H2,1-2H3,(H,26,30). The number of carbonyl (C=O) groups is 1. The maximum Gasteiger partial charge on any atom is 0.234 e. The number of nitrogens with zero attached hydrogens (tertiary/aromatic N) is 3. The molecule has 0 radical (unpaired) electrons. The number of thioether (sulfide) groups is 1. The van der Waals surface area contributed by atoms with Crippen LogP contribution in [0.4, 0.5) is 5.69 Å². The first-order valence-corrected chi connectivity index (χ1v) is 11.5. The van der Waals surface area contributed by atoms with Crippen molar-refractivity contribution in [1.29, 1.82) is 0 Å². The van der Waals surface area contributed by atoms with Crippen LogP contribution in [0, 0.1) is 0 Å². The minimum Gasteiger partial charge on any atom is -0.496 e. The molecule has 0 aliphatic heterocycles. The molecular formula is C25H24N4O3S. The Morgan fingerprint density at radius 2 is 1.73 bits per heavy atom. The van der Waals surface area contributed by atoms with Gasteiger partial charge in [0.05, 0.1) is 18.4 Å². The van der Waals surface area contributed by atoms with E-state index in [1.54, 1.807) is 13.2 Å². The zero-order valence-corrected chi connectivity index (χ0v) is 19.2. The van der Waals surface area contributed by atoms with Crippen LogP contribution in [0.5, 0.6) is 17.2 Å². The van der Waals surface area contributed by atoms with E-state index in [0.29, 0.717) is 29.0 Å². The molecular weight excluding hydrogens is 436 g/mol. The van der Waals surface area contributed by atoms with Crippen LogP contribution in [0.2, 0.25) is 0 Å². The Morgan fingerprint density at radius 3 is 2.52 bits per heavy atom. The highest BCUT2D eigenvalue weighted by Crippen LogP contribution is 2.31. The van der Waals surface area contributed by atoms with E-state index < -0.39 is 0 Å². The van der Waals surface area contributed by atoms with Gasteiger partial charge in [-0.2, -0.15) is 0 Å². The Hall–Kier alpha value is -3.78. The van der Waals surface area contributed by atoms with Crippen LogP contribution < -0.4 is 14.8 Å². The number of rotatable bonds is 9. The van der Waals surface area contributed by atoms with Crippen molar-refractivity contribution in [3.05, 3.63) is 78.9 Å². The van der Waals surface area contributed by atoms with Gasteiger partial charge in [0.25, 0.3) is 0 Å². The zero-order valence-electron chi connectivity index (χ0n) is 18.4. The van der Waals surface area contributed by atoms with E-state index in [0.717, 1.165) is 17.1 Å². The Bertz CT molecular complexity index is 1230. The molecule has 4 rings (SSSR count). The van der Waals surface area contributed by atoms with Gasteiger partial charge in [-0.3, -0.25) is 4.79 Å². The van der Waals surface area contributed by atoms with Gasteiger partial charge < -0.3 is 19.4 Å². The molecule has 0 aliphatic carbocycles. The second-order valence-corrected chi connectivity index (χ2v) is 7.97. The molecule has 168 valence electrons. The summed E-state index contributed by atoms with van der Waals surface area (Å²) in [5.41, 5.74) is 1.53. The van der Waals surface area contributed by atoms with Gasteiger partial charge in [-0.15, -0.1) is 10.2 Å². The van der Waals surface area contributed by atoms with Crippen LogP contribution in [0.25, 0.3) is 11.4 Å². The fraction of sp³-hybridized carbons (Fsp3) is 0.160. The molecule has 33 heavy (non-hydrogen) atoms. The molecule has 0 fully saturated rings. The summed E-state index contributed by atoms with van der Waals surface area (Å²) in [7, 11) is 1.63. The Labute approximate surface area is 196 Å². The van der Waals surface area contributed by atoms with Crippen molar-refractivity contribution >= 4 is 23.4 Å². The van der Waals surface area contributed by atoms with E-state index in [-0.39, 0.29) is 11.7 Å². The largest absolute Gasteiger partial charge is 0.496 e. The van der Waals surface area contributed by atoms with Gasteiger partial charge in [-0.25, -0.2) is 0 Å². The lowest BCUT2D eigenvalue weighted by Gasteiger charge is -2.11. The number of hydrogen-bond acceptors (Lipinski definition) is 6. The van der Waals surface area contributed by atoms with Crippen molar-refractivity contribution in [2.75, 3.05) is 18.2 Å². The van der Waals surface area contributed by atoms with Crippen LogP contribution in [0.3, 0.4) is 0 Å². The molecule has 0 saturated heterocycles. The maximum absolute atomic E-state index is 12.6. The zero-order chi connectivity index (χ0) is 23.0. The second-order valence-electron chi connectivity index (χ2n) is 7.03. The monoisotopic (exact) mass is 460 g/mol. The lowest BCUT2D eigenvalue weighted by molar-refractivity contribution is -0.113. The van der Waals surface area contributed by atoms with Crippen LogP contribution in [-0.2, 0) is 11.3 Å². The number of methoxy groups -OCH3 is 1. The molecule has 8 heteroatoms. The predicted molar refractivity (Wildman–Crippen MR) is 130 cm³/mol. The van der Waals surface area contributed by atoms with E-state index in [1.807, 2.05) is 84.3 Å². The molecule has 4 aromatic rings. The summed E-state index contributed by atoms with van der Waals surface area (Å²) in [6.07, 6.45) is 0. The summed E-state index contributed by atoms with van der Waals surface area (Å²) in [4.78, 5) is 12.6. The van der Waals surface area contributed by atoms with Crippen molar-refractivity contribution in [2.24, 2.45) is 0 Å². The molecule has 1 heterocycles. The summed E-state index contributed by atoms with van der Waals surface area (Å²) < 4.78 is 13.3. The minimum absolute atomic E-state index is 0.138. The van der Waals surface area contributed by atoms with Crippen molar-refractivity contribution in [3.8, 4) is 28.6 Å². The van der Waals surface area contributed by atoms with Crippen LogP contribution >= 0.6 is 11.8 Å². The lowest BCUT2D eigenvalue weighted by Crippen LogP contribution is -2.14. The van der Waals surface area contributed by atoms with Gasteiger partial charge in [0.1, 0.15) is 17.2 Å². The number of ether oxygens (including phenoxy) is 2. The maximum atomic E-state index is 12.6. The minimum atomic E-state index is -0.138. The molecule has 1 amide bonds. The molecule has 1 aromatic heterocycles. The number of anilines is 1. The number of para-hydroxylation sites is 2. The molecule has 7 nitrogen and oxygen atoms in total. The average molecular weight is 461 g/mol. The average Bonchev–Trinajstić information content (AvgIpc) is 3.26. The van der Waals surface area contributed by atoms with E-state index in [4.69, 9.17) is 9.47 Å². The highest BCUT2D eigenvalue weighted by Gasteiger charge is 2.17. The number of carbonyl (C=O) groups excluding carboxylic acids is 1. The molecule has 1 N–H and O–H groups in total.